The molecule has 4 heteroatoms. The molecule has 22 heavy (non-hydrogen) atoms. The zero-order valence-corrected chi connectivity index (χ0v) is 14.3. The number of hydrogen-bond donors (Lipinski definition) is 0. The van der Waals surface area contributed by atoms with Crippen LogP contribution in [0.2, 0.25) is 0 Å². The molecule has 0 amide bonds. The molecule has 0 radical (unpaired) electrons. The summed E-state index contributed by atoms with van der Waals surface area (Å²) in [4.78, 5) is 0. The first-order valence-corrected chi connectivity index (χ1v) is 9.36. The molecule has 0 fully saturated rings. The molecule has 0 saturated heterocycles. The van der Waals surface area contributed by atoms with Crippen LogP contribution in [0.5, 0.6) is 11.5 Å². The third-order valence-corrected chi connectivity index (χ3v) is 5.26. The maximum Gasteiger partial charge on any atom is 0.430 e. The molecule has 0 bridgehead atoms. The van der Waals surface area contributed by atoms with Gasteiger partial charge in [-0.25, -0.2) is 4.57 Å². The maximum atomic E-state index is 13.2. The van der Waals surface area contributed by atoms with Crippen molar-refractivity contribution in [3.8, 4) is 11.5 Å². The predicted molar refractivity (Wildman–Crippen MR) is 91.0 cm³/mol. The van der Waals surface area contributed by atoms with Crippen LogP contribution < -0.4 is 9.05 Å². The van der Waals surface area contributed by atoms with Gasteiger partial charge in [0.15, 0.2) is 0 Å². The summed E-state index contributed by atoms with van der Waals surface area (Å²) in [7, 11) is -3.23. The fourth-order valence-electron chi connectivity index (χ4n) is 2.08. The second-order valence-electron chi connectivity index (χ2n) is 5.40. The van der Waals surface area contributed by atoms with Crippen LogP contribution in [-0.4, -0.2) is 6.16 Å². The Morgan fingerprint density at radius 2 is 1.32 bits per heavy atom. The smallest absolute Gasteiger partial charge is 0.416 e. The van der Waals surface area contributed by atoms with E-state index in [-0.39, 0.29) is 0 Å². The van der Waals surface area contributed by atoms with Gasteiger partial charge < -0.3 is 9.05 Å². The minimum absolute atomic E-state index is 0.409. The summed E-state index contributed by atoms with van der Waals surface area (Å²) < 4.78 is 24.8. The molecule has 0 aliphatic heterocycles. The summed E-state index contributed by atoms with van der Waals surface area (Å²) in [6.45, 7) is 5.94. The van der Waals surface area contributed by atoms with Crippen LogP contribution in [-0.2, 0) is 4.57 Å². The van der Waals surface area contributed by atoms with Gasteiger partial charge in [0.2, 0.25) is 0 Å². The first-order valence-electron chi connectivity index (χ1n) is 7.63. The molecule has 0 aliphatic rings. The van der Waals surface area contributed by atoms with E-state index in [4.69, 9.17) is 9.05 Å². The second kappa shape index (κ2) is 7.51. The van der Waals surface area contributed by atoms with Gasteiger partial charge in [-0.1, -0.05) is 49.7 Å². The minimum atomic E-state index is -3.23. The second-order valence-corrected chi connectivity index (χ2v) is 7.44. The lowest BCUT2D eigenvalue weighted by Crippen LogP contribution is -2.06. The van der Waals surface area contributed by atoms with E-state index in [1.165, 1.54) is 0 Å². The maximum absolute atomic E-state index is 13.2. The lowest BCUT2D eigenvalue weighted by molar-refractivity contribution is 0.382. The Hall–Kier alpha value is -1.73. The van der Waals surface area contributed by atoms with Gasteiger partial charge in [0.05, 0.1) is 6.16 Å². The molecule has 0 spiro atoms. The highest BCUT2D eigenvalue weighted by Crippen LogP contribution is 2.50. The van der Waals surface area contributed by atoms with E-state index in [1.807, 2.05) is 62.4 Å². The monoisotopic (exact) mass is 318 g/mol. The van der Waals surface area contributed by atoms with Gasteiger partial charge in [-0.2, -0.15) is 0 Å². The van der Waals surface area contributed by atoms with Crippen LogP contribution in [0.4, 0.5) is 0 Å². The van der Waals surface area contributed by atoms with E-state index >= 15 is 0 Å². The molecular weight excluding hydrogens is 295 g/mol. The van der Waals surface area contributed by atoms with Crippen molar-refractivity contribution in [3.63, 3.8) is 0 Å². The SMILES string of the molecule is CCCCP(=O)(Oc1ccccc1C)Oc1ccccc1C. The van der Waals surface area contributed by atoms with Gasteiger partial charge >= 0.3 is 7.60 Å². The van der Waals surface area contributed by atoms with Crippen molar-refractivity contribution in [1.29, 1.82) is 0 Å². The van der Waals surface area contributed by atoms with Crippen LogP contribution in [0.1, 0.15) is 30.9 Å². The number of unbranched alkanes of at least 4 members (excludes halogenated alkanes) is 1. The van der Waals surface area contributed by atoms with Crippen molar-refractivity contribution in [3.05, 3.63) is 59.7 Å². The fourth-order valence-corrected chi connectivity index (χ4v) is 4.01. The average molecular weight is 318 g/mol. The van der Waals surface area contributed by atoms with E-state index in [0.717, 1.165) is 24.0 Å². The van der Waals surface area contributed by atoms with Gasteiger partial charge in [0.1, 0.15) is 11.5 Å². The van der Waals surface area contributed by atoms with E-state index in [0.29, 0.717) is 17.7 Å². The molecule has 2 aromatic rings. The van der Waals surface area contributed by atoms with Crippen molar-refractivity contribution >= 4 is 7.60 Å². The Labute approximate surface area is 132 Å². The Morgan fingerprint density at radius 3 is 1.73 bits per heavy atom. The Bertz CT molecular complexity index is 615. The molecule has 0 aromatic heterocycles. The van der Waals surface area contributed by atoms with Crippen molar-refractivity contribution in [2.24, 2.45) is 0 Å². The van der Waals surface area contributed by atoms with Crippen molar-refractivity contribution in [2.45, 2.75) is 33.6 Å². The summed E-state index contributed by atoms with van der Waals surface area (Å²) in [5.41, 5.74) is 1.90. The quantitative estimate of drug-likeness (QED) is 0.609. The predicted octanol–water partition coefficient (Wildman–Crippen LogP) is 5.75. The van der Waals surface area contributed by atoms with Gasteiger partial charge in [-0.3, -0.25) is 0 Å². The third-order valence-electron chi connectivity index (χ3n) is 3.45. The van der Waals surface area contributed by atoms with Gasteiger partial charge in [-0.05, 0) is 43.5 Å². The number of para-hydroxylation sites is 2. The Morgan fingerprint density at radius 1 is 0.864 bits per heavy atom. The Balaban J connectivity index is 2.26. The topological polar surface area (TPSA) is 35.5 Å². The highest BCUT2D eigenvalue weighted by Gasteiger charge is 2.28. The highest BCUT2D eigenvalue weighted by atomic mass is 31.2. The number of rotatable bonds is 7. The summed E-state index contributed by atoms with van der Waals surface area (Å²) in [5.74, 6) is 1.24. The zero-order chi connectivity index (χ0) is 16.0. The van der Waals surface area contributed by atoms with Crippen LogP contribution in [0.3, 0.4) is 0 Å². The number of aryl methyl sites for hydroxylation is 2. The molecule has 0 atom stereocenters. The average Bonchev–Trinajstić information content (AvgIpc) is 2.50. The van der Waals surface area contributed by atoms with Gasteiger partial charge in [0, 0.05) is 0 Å². The molecule has 0 unspecified atom stereocenters. The van der Waals surface area contributed by atoms with Crippen LogP contribution in [0, 0.1) is 13.8 Å². The normalized spacial score (nSPS) is 11.2. The molecule has 2 aromatic carbocycles. The number of benzene rings is 2. The molecule has 0 saturated carbocycles. The molecule has 0 heterocycles. The lowest BCUT2D eigenvalue weighted by atomic mass is 10.2. The van der Waals surface area contributed by atoms with E-state index < -0.39 is 7.60 Å². The minimum Gasteiger partial charge on any atom is -0.416 e. The molecule has 3 nitrogen and oxygen atoms in total. The van der Waals surface area contributed by atoms with E-state index in [9.17, 15) is 4.57 Å². The highest BCUT2D eigenvalue weighted by molar-refractivity contribution is 7.54. The van der Waals surface area contributed by atoms with E-state index in [1.54, 1.807) is 0 Å². The zero-order valence-electron chi connectivity index (χ0n) is 13.4. The molecule has 0 aliphatic carbocycles. The van der Waals surface area contributed by atoms with Gasteiger partial charge in [-0.15, -0.1) is 0 Å². The number of hydrogen-bond acceptors (Lipinski definition) is 3. The summed E-state index contributed by atoms with van der Waals surface area (Å²) in [6, 6.07) is 15.1. The summed E-state index contributed by atoms with van der Waals surface area (Å²) >= 11 is 0. The Kier molecular flexibility index (Phi) is 5.68. The summed E-state index contributed by atoms with van der Waals surface area (Å²) in [5, 5.41) is 0. The van der Waals surface area contributed by atoms with Crippen molar-refractivity contribution in [2.75, 3.05) is 6.16 Å². The van der Waals surface area contributed by atoms with Crippen molar-refractivity contribution < 1.29 is 13.6 Å². The van der Waals surface area contributed by atoms with Gasteiger partial charge in [0.25, 0.3) is 0 Å². The summed E-state index contributed by atoms with van der Waals surface area (Å²) in [6.07, 6.45) is 2.15. The molecular formula is C18H23O3P. The first kappa shape index (κ1) is 16.6. The molecule has 118 valence electrons. The van der Waals surface area contributed by atoms with E-state index in [2.05, 4.69) is 6.92 Å². The van der Waals surface area contributed by atoms with Crippen LogP contribution in [0.25, 0.3) is 0 Å². The van der Waals surface area contributed by atoms with Crippen molar-refractivity contribution in [1.82, 2.24) is 0 Å². The first-order chi connectivity index (χ1) is 10.5. The van der Waals surface area contributed by atoms with Crippen LogP contribution >= 0.6 is 7.60 Å². The third kappa shape index (κ3) is 4.38. The molecule has 0 N–H and O–H groups in total. The molecule has 2 rings (SSSR count). The fraction of sp³-hybridized carbons (Fsp3) is 0.333. The standard InChI is InChI=1S/C18H23O3P/c1-4-5-14-22(19,20-17-12-8-6-10-15(17)2)21-18-13-9-7-11-16(18)3/h6-13H,4-5,14H2,1-3H3. The van der Waals surface area contributed by atoms with Crippen LogP contribution in [0.15, 0.2) is 48.5 Å². The lowest BCUT2D eigenvalue weighted by Gasteiger charge is -2.21. The largest absolute Gasteiger partial charge is 0.430 e.